The van der Waals surface area contributed by atoms with Gasteiger partial charge in [-0.2, -0.15) is 0 Å². The predicted octanol–water partition coefficient (Wildman–Crippen LogP) is 2.78. The van der Waals surface area contributed by atoms with Crippen LogP contribution >= 0.6 is 0 Å². The minimum atomic E-state index is -1.17. The summed E-state index contributed by atoms with van der Waals surface area (Å²) in [5.41, 5.74) is -0.445. The quantitative estimate of drug-likeness (QED) is 0.811. The first kappa shape index (κ1) is 16.0. The maximum atomic E-state index is 11.8. The molecule has 1 aliphatic carbocycles. The number of rotatable bonds is 7. The number of carboxylic acid groups (broad SMARTS) is 1. The number of benzene rings is 1. The van der Waals surface area contributed by atoms with Crippen LogP contribution in [0.3, 0.4) is 0 Å². The van der Waals surface area contributed by atoms with Crippen LogP contribution < -0.4 is 5.32 Å². The topological polar surface area (TPSA) is 58.6 Å². The van der Waals surface area contributed by atoms with Crippen molar-refractivity contribution in [3.05, 3.63) is 35.9 Å². The fraction of sp³-hybridized carbons (Fsp3) is 0.588. The highest BCUT2D eigenvalue weighted by Crippen LogP contribution is 2.26. The van der Waals surface area contributed by atoms with E-state index in [1.54, 1.807) is 7.05 Å². The third-order valence-corrected chi connectivity index (χ3v) is 4.46. The number of carboxylic acids is 1. The second kappa shape index (κ2) is 7.57. The molecule has 1 fully saturated rings. The van der Waals surface area contributed by atoms with Crippen molar-refractivity contribution in [2.24, 2.45) is 5.92 Å². The van der Waals surface area contributed by atoms with E-state index < -0.39 is 11.5 Å². The average molecular weight is 291 g/mol. The maximum absolute atomic E-state index is 11.8. The van der Waals surface area contributed by atoms with Gasteiger partial charge in [0.15, 0.2) is 5.54 Å². The Bertz CT molecular complexity index is 443. The lowest BCUT2D eigenvalue weighted by molar-refractivity contribution is -0.148. The van der Waals surface area contributed by atoms with E-state index in [0.29, 0.717) is 12.5 Å². The Kier molecular flexibility index (Phi) is 5.76. The first-order valence-corrected chi connectivity index (χ1v) is 7.74. The Labute approximate surface area is 126 Å². The van der Waals surface area contributed by atoms with Gasteiger partial charge in [0.1, 0.15) is 0 Å². The molecular formula is C17H25NO3. The summed E-state index contributed by atoms with van der Waals surface area (Å²) in [6.45, 7) is 0.808. The Hall–Kier alpha value is -1.39. The molecule has 21 heavy (non-hydrogen) atoms. The number of nitrogens with one attached hydrogen (secondary N) is 1. The molecule has 2 N–H and O–H groups in total. The zero-order chi connectivity index (χ0) is 15.1. The van der Waals surface area contributed by atoms with Crippen LogP contribution in [-0.2, 0) is 15.1 Å². The van der Waals surface area contributed by atoms with Gasteiger partial charge < -0.3 is 9.84 Å². The number of aliphatic carboxylic acids is 1. The van der Waals surface area contributed by atoms with Crippen molar-refractivity contribution < 1.29 is 14.6 Å². The van der Waals surface area contributed by atoms with Gasteiger partial charge in [-0.25, -0.2) is 4.79 Å². The van der Waals surface area contributed by atoms with Crippen molar-refractivity contribution in [3.8, 4) is 0 Å². The van der Waals surface area contributed by atoms with E-state index in [1.807, 2.05) is 30.3 Å². The lowest BCUT2D eigenvalue weighted by atomic mass is 9.89. The summed E-state index contributed by atoms with van der Waals surface area (Å²) >= 11 is 0. The number of hydrogen-bond donors (Lipinski definition) is 2. The first-order chi connectivity index (χ1) is 10.2. The van der Waals surface area contributed by atoms with Crippen LogP contribution in [0.4, 0.5) is 0 Å². The molecule has 0 amide bonds. The van der Waals surface area contributed by atoms with Gasteiger partial charge in [0.2, 0.25) is 0 Å². The third kappa shape index (κ3) is 3.83. The number of hydrogen-bond acceptors (Lipinski definition) is 3. The van der Waals surface area contributed by atoms with Crippen molar-refractivity contribution >= 4 is 5.97 Å². The van der Waals surface area contributed by atoms with Gasteiger partial charge in [-0.05, 0) is 31.4 Å². The SMILES string of the molecule is CNC(COCC1CCCCC1)(C(=O)O)c1ccccc1. The molecule has 116 valence electrons. The Morgan fingerprint density at radius 1 is 1.29 bits per heavy atom. The zero-order valence-corrected chi connectivity index (χ0v) is 12.7. The highest BCUT2D eigenvalue weighted by Gasteiger charge is 2.39. The van der Waals surface area contributed by atoms with E-state index in [4.69, 9.17) is 4.74 Å². The van der Waals surface area contributed by atoms with Crippen molar-refractivity contribution in [1.82, 2.24) is 5.32 Å². The molecule has 0 bridgehead atoms. The molecule has 1 saturated carbocycles. The molecule has 0 spiro atoms. The molecule has 4 heteroatoms. The highest BCUT2D eigenvalue weighted by atomic mass is 16.5. The summed E-state index contributed by atoms with van der Waals surface area (Å²) in [4.78, 5) is 11.8. The van der Waals surface area contributed by atoms with E-state index in [1.165, 1.54) is 32.1 Å². The number of ether oxygens (including phenoxy) is 1. The normalized spacial score (nSPS) is 19.1. The van der Waals surface area contributed by atoms with Crippen molar-refractivity contribution in [3.63, 3.8) is 0 Å². The summed E-state index contributed by atoms with van der Waals surface area (Å²) in [5.74, 6) is -0.322. The lowest BCUT2D eigenvalue weighted by Gasteiger charge is -2.30. The molecule has 1 atom stereocenters. The van der Waals surface area contributed by atoms with Crippen LogP contribution in [0.25, 0.3) is 0 Å². The molecule has 0 heterocycles. The summed E-state index contributed by atoms with van der Waals surface area (Å²) in [7, 11) is 1.67. The van der Waals surface area contributed by atoms with Crippen LogP contribution in [0, 0.1) is 5.92 Å². The maximum Gasteiger partial charge on any atom is 0.330 e. The van der Waals surface area contributed by atoms with Gasteiger partial charge in [0.05, 0.1) is 6.61 Å². The molecule has 1 unspecified atom stereocenters. The molecule has 1 aliphatic rings. The minimum absolute atomic E-state index is 0.152. The van der Waals surface area contributed by atoms with Gasteiger partial charge in [-0.1, -0.05) is 49.6 Å². The van der Waals surface area contributed by atoms with Crippen LogP contribution in [0.2, 0.25) is 0 Å². The van der Waals surface area contributed by atoms with Gasteiger partial charge in [-0.3, -0.25) is 5.32 Å². The molecule has 2 rings (SSSR count). The smallest absolute Gasteiger partial charge is 0.330 e. The molecule has 0 saturated heterocycles. The second-order valence-electron chi connectivity index (χ2n) is 5.85. The predicted molar refractivity (Wildman–Crippen MR) is 82.2 cm³/mol. The zero-order valence-electron chi connectivity index (χ0n) is 12.7. The Morgan fingerprint density at radius 2 is 1.95 bits per heavy atom. The average Bonchev–Trinajstić information content (AvgIpc) is 2.53. The third-order valence-electron chi connectivity index (χ3n) is 4.46. The number of carbonyl (C=O) groups is 1. The van der Waals surface area contributed by atoms with E-state index in [2.05, 4.69) is 5.32 Å². The fourth-order valence-electron chi connectivity index (χ4n) is 3.05. The van der Waals surface area contributed by atoms with Crippen LogP contribution in [0.1, 0.15) is 37.7 Å². The first-order valence-electron chi connectivity index (χ1n) is 7.74. The van der Waals surface area contributed by atoms with Gasteiger partial charge in [0, 0.05) is 6.61 Å². The lowest BCUT2D eigenvalue weighted by Crippen LogP contribution is -2.51. The highest BCUT2D eigenvalue weighted by molar-refractivity contribution is 5.81. The molecular weight excluding hydrogens is 266 g/mol. The van der Waals surface area contributed by atoms with Gasteiger partial charge in [-0.15, -0.1) is 0 Å². The summed E-state index contributed by atoms with van der Waals surface area (Å²) in [5, 5.41) is 12.6. The van der Waals surface area contributed by atoms with Crippen molar-refractivity contribution in [2.45, 2.75) is 37.6 Å². The van der Waals surface area contributed by atoms with Crippen LogP contribution in [0.5, 0.6) is 0 Å². The van der Waals surface area contributed by atoms with Crippen molar-refractivity contribution in [1.29, 1.82) is 0 Å². The second-order valence-corrected chi connectivity index (χ2v) is 5.85. The molecule has 1 aromatic carbocycles. The largest absolute Gasteiger partial charge is 0.480 e. The van der Waals surface area contributed by atoms with Crippen LogP contribution in [0.15, 0.2) is 30.3 Å². The number of likely N-dealkylation sites (N-methyl/N-ethyl adjacent to an activating group) is 1. The van der Waals surface area contributed by atoms with Gasteiger partial charge >= 0.3 is 5.97 Å². The summed E-state index contributed by atoms with van der Waals surface area (Å²) in [6, 6.07) is 9.24. The molecule has 0 aromatic heterocycles. The van der Waals surface area contributed by atoms with Crippen molar-refractivity contribution in [2.75, 3.05) is 20.3 Å². The minimum Gasteiger partial charge on any atom is -0.480 e. The summed E-state index contributed by atoms with van der Waals surface area (Å²) < 4.78 is 5.80. The molecule has 0 aliphatic heterocycles. The van der Waals surface area contributed by atoms with E-state index in [-0.39, 0.29) is 6.61 Å². The summed E-state index contributed by atoms with van der Waals surface area (Å²) in [6.07, 6.45) is 6.25. The molecule has 1 aromatic rings. The molecule has 0 radical (unpaired) electrons. The van der Waals surface area contributed by atoms with Gasteiger partial charge in [0.25, 0.3) is 0 Å². The van der Waals surface area contributed by atoms with Crippen LogP contribution in [-0.4, -0.2) is 31.3 Å². The Morgan fingerprint density at radius 3 is 2.52 bits per heavy atom. The van der Waals surface area contributed by atoms with E-state index in [0.717, 1.165) is 5.56 Å². The van der Waals surface area contributed by atoms with E-state index >= 15 is 0 Å². The van der Waals surface area contributed by atoms with E-state index in [9.17, 15) is 9.90 Å². The Balaban J connectivity index is 2.01. The molecule has 4 nitrogen and oxygen atoms in total. The monoisotopic (exact) mass is 291 g/mol. The fourth-order valence-corrected chi connectivity index (χ4v) is 3.05. The standard InChI is InChI=1S/C17H25NO3/c1-18-17(16(19)20,15-10-6-3-7-11-15)13-21-12-14-8-4-2-5-9-14/h3,6-7,10-11,14,18H,2,4-5,8-9,12-13H2,1H3,(H,19,20).